The third kappa shape index (κ3) is 3.29. The first kappa shape index (κ1) is 15.0. The van der Waals surface area contributed by atoms with E-state index in [1.807, 2.05) is 36.4 Å². The lowest BCUT2D eigenvalue weighted by molar-refractivity contribution is 0.554. The fourth-order valence-electron chi connectivity index (χ4n) is 2.80. The van der Waals surface area contributed by atoms with Crippen molar-refractivity contribution < 1.29 is 8.42 Å². The second-order valence-corrected chi connectivity index (χ2v) is 7.16. The zero-order chi connectivity index (χ0) is 15.4. The summed E-state index contributed by atoms with van der Waals surface area (Å²) in [7, 11) is -3.49. The Balaban J connectivity index is 1.88. The van der Waals surface area contributed by atoms with Gasteiger partial charge in [0.1, 0.15) is 0 Å². The average Bonchev–Trinajstić information content (AvgIpc) is 2.57. The van der Waals surface area contributed by atoms with Crippen LogP contribution in [0.4, 0.5) is 0 Å². The molecule has 1 aliphatic carbocycles. The highest BCUT2D eigenvalue weighted by Gasteiger charge is 2.25. The van der Waals surface area contributed by atoms with E-state index in [1.165, 1.54) is 0 Å². The van der Waals surface area contributed by atoms with Crippen LogP contribution in [0, 0.1) is 0 Å². The largest absolute Gasteiger partial charge is 0.241 e. The Morgan fingerprint density at radius 1 is 0.909 bits per heavy atom. The van der Waals surface area contributed by atoms with Crippen LogP contribution in [0.25, 0.3) is 5.57 Å². The molecule has 0 radical (unpaired) electrons. The van der Waals surface area contributed by atoms with E-state index >= 15 is 0 Å². The van der Waals surface area contributed by atoms with Crippen LogP contribution in [0.1, 0.15) is 24.8 Å². The van der Waals surface area contributed by atoms with E-state index in [-0.39, 0.29) is 6.04 Å². The summed E-state index contributed by atoms with van der Waals surface area (Å²) in [5.74, 6) is 0. The maximum Gasteiger partial charge on any atom is 0.241 e. The molecule has 1 unspecified atom stereocenters. The topological polar surface area (TPSA) is 46.2 Å². The normalized spacial score (nSPS) is 18.7. The lowest BCUT2D eigenvalue weighted by atomic mass is 9.90. The molecule has 4 heteroatoms. The van der Waals surface area contributed by atoms with E-state index in [2.05, 4.69) is 10.8 Å². The van der Waals surface area contributed by atoms with Gasteiger partial charge in [-0.3, -0.25) is 0 Å². The van der Waals surface area contributed by atoms with E-state index in [0.717, 1.165) is 30.4 Å². The van der Waals surface area contributed by atoms with Gasteiger partial charge < -0.3 is 0 Å². The molecule has 2 aromatic carbocycles. The first-order valence-corrected chi connectivity index (χ1v) is 8.98. The highest BCUT2D eigenvalue weighted by atomic mass is 32.2. The van der Waals surface area contributed by atoms with Crippen LogP contribution in [-0.4, -0.2) is 14.5 Å². The number of rotatable bonds is 4. The summed E-state index contributed by atoms with van der Waals surface area (Å²) in [5, 5.41) is 0. The molecule has 114 valence electrons. The van der Waals surface area contributed by atoms with Crippen LogP contribution in [0.3, 0.4) is 0 Å². The van der Waals surface area contributed by atoms with Gasteiger partial charge in [0.15, 0.2) is 0 Å². The van der Waals surface area contributed by atoms with Crippen LogP contribution < -0.4 is 4.72 Å². The van der Waals surface area contributed by atoms with Crippen molar-refractivity contribution in [3.05, 3.63) is 72.3 Å². The van der Waals surface area contributed by atoms with Crippen molar-refractivity contribution in [2.75, 3.05) is 0 Å². The molecule has 3 rings (SSSR count). The maximum atomic E-state index is 12.5. The van der Waals surface area contributed by atoms with E-state index in [9.17, 15) is 8.42 Å². The summed E-state index contributed by atoms with van der Waals surface area (Å²) in [6.07, 6.45) is 4.97. The zero-order valence-electron chi connectivity index (χ0n) is 12.3. The minimum absolute atomic E-state index is 0.165. The Morgan fingerprint density at radius 2 is 1.55 bits per heavy atom. The molecule has 0 amide bonds. The van der Waals surface area contributed by atoms with Gasteiger partial charge in [-0.1, -0.05) is 54.6 Å². The van der Waals surface area contributed by atoms with Gasteiger partial charge >= 0.3 is 0 Å². The second-order valence-electron chi connectivity index (χ2n) is 5.44. The molecule has 1 aliphatic rings. The summed E-state index contributed by atoms with van der Waals surface area (Å²) in [6, 6.07) is 18.4. The number of sulfonamides is 1. The van der Waals surface area contributed by atoms with Gasteiger partial charge in [-0.2, -0.15) is 0 Å². The Hall–Kier alpha value is -1.91. The van der Waals surface area contributed by atoms with Gasteiger partial charge in [-0.05, 0) is 42.5 Å². The average molecular weight is 313 g/mol. The summed E-state index contributed by atoms with van der Waals surface area (Å²) in [5.41, 5.74) is 2.16. The molecular weight excluding hydrogens is 294 g/mol. The van der Waals surface area contributed by atoms with Gasteiger partial charge in [0.25, 0.3) is 0 Å². The van der Waals surface area contributed by atoms with Crippen molar-refractivity contribution >= 4 is 15.6 Å². The molecule has 2 aromatic rings. The number of hydrogen-bond donors (Lipinski definition) is 1. The van der Waals surface area contributed by atoms with Gasteiger partial charge in [0.05, 0.1) is 4.90 Å². The van der Waals surface area contributed by atoms with Crippen molar-refractivity contribution in [1.82, 2.24) is 4.72 Å². The van der Waals surface area contributed by atoms with Crippen molar-refractivity contribution in [1.29, 1.82) is 0 Å². The van der Waals surface area contributed by atoms with Gasteiger partial charge in [0, 0.05) is 6.04 Å². The van der Waals surface area contributed by atoms with Crippen molar-refractivity contribution in [2.24, 2.45) is 0 Å². The van der Waals surface area contributed by atoms with Crippen LogP contribution in [0.15, 0.2) is 71.6 Å². The molecule has 1 N–H and O–H groups in total. The lowest BCUT2D eigenvalue weighted by Gasteiger charge is -2.25. The van der Waals surface area contributed by atoms with Crippen LogP contribution in [-0.2, 0) is 10.0 Å². The summed E-state index contributed by atoms with van der Waals surface area (Å²) < 4.78 is 27.9. The molecule has 0 aromatic heterocycles. The lowest BCUT2D eigenvalue weighted by Crippen LogP contribution is -2.36. The molecule has 0 bridgehead atoms. The van der Waals surface area contributed by atoms with Crippen molar-refractivity contribution in [2.45, 2.75) is 30.2 Å². The summed E-state index contributed by atoms with van der Waals surface area (Å²) in [6.45, 7) is 0. The number of nitrogens with one attached hydrogen (secondary N) is 1. The van der Waals surface area contributed by atoms with Crippen molar-refractivity contribution in [3.8, 4) is 0 Å². The van der Waals surface area contributed by atoms with Crippen LogP contribution in [0.5, 0.6) is 0 Å². The maximum absolute atomic E-state index is 12.5. The Kier molecular flexibility index (Phi) is 4.41. The first-order valence-electron chi connectivity index (χ1n) is 7.50. The van der Waals surface area contributed by atoms with E-state index in [4.69, 9.17) is 0 Å². The predicted octanol–water partition coefficient (Wildman–Crippen LogP) is 3.60. The van der Waals surface area contributed by atoms with Crippen molar-refractivity contribution in [3.63, 3.8) is 0 Å². The van der Waals surface area contributed by atoms with Gasteiger partial charge in [-0.25, -0.2) is 13.1 Å². The smallest absolute Gasteiger partial charge is 0.207 e. The highest BCUT2D eigenvalue weighted by Crippen LogP contribution is 2.28. The third-order valence-electron chi connectivity index (χ3n) is 3.89. The molecule has 1 atom stereocenters. The molecule has 0 spiro atoms. The number of allylic oxidation sites excluding steroid dienone is 1. The molecule has 0 fully saturated rings. The third-order valence-corrected chi connectivity index (χ3v) is 5.38. The molecule has 3 nitrogen and oxygen atoms in total. The zero-order valence-corrected chi connectivity index (χ0v) is 13.1. The molecule has 0 aliphatic heterocycles. The van der Waals surface area contributed by atoms with Crippen LogP contribution in [0.2, 0.25) is 0 Å². The Bertz CT molecular complexity index is 752. The fourth-order valence-corrected chi connectivity index (χ4v) is 4.08. The molecule has 22 heavy (non-hydrogen) atoms. The Labute approximate surface area is 131 Å². The quantitative estimate of drug-likeness (QED) is 0.937. The molecular formula is C18H19NO2S. The highest BCUT2D eigenvalue weighted by molar-refractivity contribution is 7.89. The first-order chi connectivity index (χ1) is 10.7. The predicted molar refractivity (Wildman–Crippen MR) is 88.8 cm³/mol. The molecule has 0 saturated carbocycles. The number of hydrogen-bond acceptors (Lipinski definition) is 2. The molecule has 0 heterocycles. The monoisotopic (exact) mass is 313 g/mol. The van der Waals surface area contributed by atoms with E-state index in [1.54, 1.807) is 24.3 Å². The van der Waals surface area contributed by atoms with E-state index in [0.29, 0.717) is 4.90 Å². The summed E-state index contributed by atoms with van der Waals surface area (Å²) in [4.78, 5) is 0.313. The second kappa shape index (κ2) is 6.46. The standard InChI is InChI=1S/C18H19NO2S/c20-22(21,16-11-5-2-6-12-16)19-18-14-8-7-13-17(18)15-9-3-1-4-10-15/h1-6,9-13,18-19H,7-8,14H2. The minimum Gasteiger partial charge on any atom is -0.207 e. The van der Waals surface area contributed by atoms with Gasteiger partial charge in [0.2, 0.25) is 10.0 Å². The van der Waals surface area contributed by atoms with Gasteiger partial charge in [-0.15, -0.1) is 0 Å². The molecule has 0 saturated heterocycles. The van der Waals surface area contributed by atoms with Crippen LogP contribution >= 0.6 is 0 Å². The van der Waals surface area contributed by atoms with E-state index < -0.39 is 10.0 Å². The fraction of sp³-hybridized carbons (Fsp3) is 0.222. The Morgan fingerprint density at radius 3 is 2.23 bits per heavy atom. The number of benzene rings is 2. The minimum atomic E-state index is -3.49. The SMILES string of the molecule is O=S(=O)(NC1CCCC=C1c1ccccc1)c1ccccc1. The summed E-state index contributed by atoms with van der Waals surface area (Å²) >= 11 is 0.